The molecule has 0 aliphatic heterocycles. The van der Waals surface area contributed by atoms with Crippen LogP contribution in [0.25, 0.3) is 16.9 Å². The number of aromatic nitrogens is 2. The van der Waals surface area contributed by atoms with Gasteiger partial charge in [-0.25, -0.2) is 9.37 Å². The first kappa shape index (κ1) is 9.84. The van der Waals surface area contributed by atoms with Crippen molar-refractivity contribution < 1.29 is 9.50 Å². The number of aromatic hydroxyl groups is 1. The van der Waals surface area contributed by atoms with Crippen molar-refractivity contribution in [2.75, 3.05) is 0 Å². The van der Waals surface area contributed by atoms with E-state index in [1.54, 1.807) is 12.4 Å². The summed E-state index contributed by atoms with van der Waals surface area (Å²) in [6.45, 7) is 0. The van der Waals surface area contributed by atoms with Gasteiger partial charge in [0.15, 0.2) is 0 Å². The molecule has 0 atom stereocenters. The van der Waals surface area contributed by atoms with Crippen molar-refractivity contribution in [1.29, 1.82) is 0 Å². The van der Waals surface area contributed by atoms with Gasteiger partial charge in [-0.05, 0) is 24.3 Å². The van der Waals surface area contributed by atoms with Gasteiger partial charge in [-0.15, -0.1) is 0 Å². The van der Waals surface area contributed by atoms with E-state index in [2.05, 4.69) is 4.98 Å². The van der Waals surface area contributed by atoms with Crippen molar-refractivity contribution in [2.45, 2.75) is 0 Å². The van der Waals surface area contributed by atoms with Gasteiger partial charge in [-0.2, -0.15) is 0 Å². The number of hydrogen-bond donors (Lipinski definition) is 1. The van der Waals surface area contributed by atoms with Crippen molar-refractivity contribution in [3.8, 4) is 17.0 Å². The highest BCUT2D eigenvalue weighted by Crippen LogP contribution is 2.25. The number of phenols is 1. The van der Waals surface area contributed by atoms with Gasteiger partial charge >= 0.3 is 0 Å². The Hall–Kier alpha value is -2.36. The second-order valence-electron chi connectivity index (χ2n) is 3.76. The van der Waals surface area contributed by atoms with Crippen LogP contribution < -0.4 is 0 Å². The molecule has 84 valence electrons. The third-order valence-electron chi connectivity index (χ3n) is 2.61. The minimum Gasteiger partial charge on any atom is -0.508 e. The third-order valence-corrected chi connectivity index (χ3v) is 2.61. The molecule has 4 heteroatoms. The summed E-state index contributed by atoms with van der Waals surface area (Å²) >= 11 is 0. The number of benzene rings is 1. The van der Waals surface area contributed by atoms with Crippen molar-refractivity contribution in [3.63, 3.8) is 0 Å². The molecule has 2 heterocycles. The quantitative estimate of drug-likeness (QED) is 0.695. The topological polar surface area (TPSA) is 37.5 Å². The Morgan fingerprint density at radius 2 is 2.06 bits per heavy atom. The maximum absolute atomic E-state index is 13.3. The molecule has 0 spiro atoms. The predicted molar refractivity (Wildman–Crippen MR) is 62.3 cm³/mol. The normalized spacial score (nSPS) is 10.9. The lowest BCUT2D eigenvalue weighted by Gasteiger charge is -2.06. The number of hydrogen-bond acceptors (Lipinski definition) is 2. The van der Waals surface area contributed by atoms with E-state index >= 15 is 0 Å². The first-order valence-electron chi connectivity index (χ1n) is 5.16. The number of fused-ring (bicyclic) bond motifs is 1. The summed E-state index contributed by atoms with van der Waals surface area (Å²) < 4.78 is 15.1. The smallest absolute Gasteiger partial charge is 0.137 e. The van der Waals surface area contributed by atoms with E-state index in [0.29, 0.717) is 5.56 Å². The Morgan fingerprint density at radius 3 is 2.88 bits per heavy atom. The van der Waals surface area contributed by atoms with E-state index in [-0.39, 0.29) is 5.75 Å². The lowest BCUT2D eigenvalue weighted by Crippen LogP contribution is -1.90. The van der Waals surface area contributed by atoms with Crippen LogP contribution in [-0.2, 0) is 0 Å². The van der Waals surface area contributed by atoms with E-state index in [0.717, 1.165) is 17.4 Å². The number of rotatable bonds is 1. The van der Waals surface area contributed by atoms with Crippen LogP contribution in [0.15, 0.2) is 48.8 Å². The van der Waals surface area contributed by atoms with Crippen LogP contribution >= 0.6 is 0 Å². The number of pyridine rings is 1. The summed E-state index contributed by atoms with van der Waals surface area (Å²) in [7, 11) is 0. The summed E-state index contributed by atoms with van der Waals surface area (Å²) in [5, 5.41) is 9.41. The van der Waals surface area contributed by atoms with Gasteiger partial charge in [0.2, 0.25) is 0 Å². The van der Waals surface area contributed by atoms with E-state index in [1.807, 2.05) is 22.6 Å². The van der Waals surface area contributed by atoms with Crippen LogP contribution in [-0.4, -0.2) is 14.5 Å². The van der Waals surface area contributed by atoms with Gasteiger partial charge in [0.1, 0.15) is 17.2 Å². The van der Waals surface area contributed by atoms with Crippen molar-refractivity contribution in [1.82, 2.24) is 9.38 Å². The molecule has 3 nitrogen and oxygen atoms in total. The molecular formula is C13H9FN2O. The average Bonchev–Trinajstić information content (AvgIpc) is 2.75. The standard InChI is InChI=1S/C13H9FN2O/c14-10-6-9(7-11(17)8-10)12-2-1-3-13-15-4-5-16(12)13/h1-8,17H. The van der Waals surface area contributed by atoms with Gasteiger partial charge in [0.25, 0.3) is 0 Å². The summed E-state index contributed by atoms with van der Waals surface area (Å²) in [5.74, 6) is -0.547. The second kappa shape index (κ2) is 3.59. The van der Waals surface area contributed by atoms with E-state index in [1.165, 1.54) is 12.1 Å². The van der Waals surface area contributed by atoms with Crippen molar-refractivity contribution in [3.05, 3.63) is 54.6 Å². The molecule has 0 radical (unpaired) electrons. The number of nitrogens with zero attached hydrogens (tertiary/aromatic N) is 2. The minimum absolute atomic E-state index is 0.0860. The van der Waals surface area contributed by atoms with Gasteiger partial charge in [0.05, 0.1) is 5.69 Å². The molecular weight excluding hydrogens is 219 g/mol. The van der Waals surface area contributed by atoms with Crippen LogP contribution in [0.4, 0.5) is 4.39 Å². The summed E-state index contributed by atoms with van der Waals surface area (Å²) in [6.07, 6.45) is 3.48. The molecule has 0 unspecified atom stereocenters. The molecule has 3 aromatic rings. The number of halogens is 1. The van der Waals surface area contributed by atoms with Gasteiger partial charge in [0, 0.05) is 24.0 Å². The van der Waals surface area contributed by atoms with Gasteiger partial charge in [-0.1, -0.05) is 6.07 Å². The number of phenolic OH excluding ortho intramolecular Hbond substituents is 1. The largest absolute Gasteiger partial charge is 0.508 e. The molecule has 1 N–H and O–H groups in total. The molecule has 0 saturated heterocycles. The molecule has 0 aliphatic carbocycles. The summed E-state index contributed by atoms with van der Waals surface area (Å²) in [5.41, 5.74) is 2.19. The van der Waals surface area contributed by atoms with Gasteiger partial charge < -0.3 is 5.11 Å². The maximum Gasteiger partial charge on any atom is 0.137 e. The SMILES string of the molecule is Oc1cc(F)cc(-c2cccc3nccn23)c1. The number of imidazole rings is 1. The Bertz CT molecular complexity index is 670. The maximum atomic E-state index is 13.3. The first-order chi connectivity index (χ1) is 8.24. The lowest BCUT2D eigenvalue weighted by molar-refractivity contribution is 0.469. The fourth-order valence-corrected chi connectivity index (χ4v) is 1.90. The summed E-state index contributed by atoms with van der Waals surface area (Å²) in [4.78, 5) is 4.16. The molecule has 0 bridgehead atoms. The minimum atomic E-state index is -0.461. The lowest BCUT2D eigenvalue weighted by atomic mass is 10.1. The van der Waals surface area contributed by atoms with E-state index < -0.39 is 5.82 Å². The van der Waals surface area contributed by atoms with E-state index in [4.69, 9.17) is 0 Å². The van der Waals surface area contributed by atoms with Crippen molar-refractivity contribution in [2.24, 2.45) is 0 Å². The fourth-order valence-electron chi connectivity index (χ4n) is 1.90. The Kier molecular flexibility index (Phi) is 2.08. The monoisotopic (exact) mass is 228 g/mol. The molecule has 0 fully saturated rings. The molecule has 0 aliphatic rings. The Morgan fingerprint density at radius 1 is 1.18 bits per heavy atom. The summed E-state index contributed by atoms with van der Waals surface area (Å²) in [6, 6.07) is 9.55. The van der Waals surface area contributed by atoms with Crippen LogP contribution in [0.5, 0.6) is 5.75 Å². The fraction of sp³-hybridized carbons (Fsp3) is 0. The van der Waals surface area contributed by atoms with Crippen LogP contribution in [0, 0.1) is 5.82 Å². The molecule has 2 aromatic heterocycles. The third kappa shape index (κ3) is 1.63. The van der Waals surface area contributed by atoms with Crippen LogP contribution in [0.2, 0.25) is 0 Å². The van der Waals surface area contributed by atoms with Crippen LogP contribution in [0.3, 0.4) is 0 Å². The van der Waals surface area contributed by atoms with Crippen molar-refractivity contribution >= 4 is 5.65 Å². The zero-order valence-corrected chi connectivity index (χ0v) is 8.84. The first-order valence-corrected chi connectivity index (χ1v) is 5.16. The predicted octanol–water partition coefficient (Wildman–Crippen LogP) is 2.85. The molecule has 3 rings (SSSR count). The molecule has 0 saturated carbocycles. The highest BCUT2D eigenvalue weighted by atomic mass is 19.1. The molecule has 0 amide bonds. The Balaban J connectivity index is 2.30. The zero-order chi connectivity index (χ0) is 11.8. The zero-order valence-electron chi connectivity index (χ0n) is 8.84. The van der Waals surface area contributed by atoms with Gasteiger partial charge in [-0.3, -0.25) is 4.40 Å². The second-order valence-corrected chi connectivity index (χ2v) is 3.76. The Labute approximate surface area is 96.8 Å². The van der Waals surface area contributed by atoms with E-state index in [9.17, 15) is 9.50 Å². The highest BCUT2D eigenvalue weighted by molar-refractivity contribution is 5.65. The molecule has 1 aromatic carbocycles. The van der Waals surface area contributed by atoms with Crippen LogP contribution in [0.1, 0.15) is 0 Å². The average molecular weight is 228 g/mol. The highest BCUT2D eigenvalue weighted by Gasteiger charge is 2.06. The molecule has 17 heavy (non-hydrogen) atoms.